The summed E-state index contributed by atoms with van der Waals surface area (Å²) >= 11 is 6.16. The molecule has 5 nitrogen and oxygen atoms in total. The van der Waals surface area contributed by atoms with Gasteiger partial charge in [0.25, 0.3) is 5.91 Å². The highest BCUT2D eigenvalue weighted by atomic mass is 35.5. The second-order valence-electron chi connectivity index (χ2n) is 4.39. The number of anilines is 1. The molecule has 0 spiro atoms. The maximum Gasteiger partial charge on any atom is 0.269 e. The molecule has 0 radical (unpaired) electrons. The number of hydrogen-bond acceptors (Lipinski definition) is 4. The monoisotopic (exact) mass is 268 g/mol. The van der Waals surface area contributed by atoms with Crippen molar-refractivity contribution in [3.63, 3.8) is 0 Å². The molecule has 0 saturated carbocycles. The first-order valence-electron chi connectivity index (χ1n) is 5.98. The lowest BCUT2D eigenvalue weighted by atomic mass is 10.2. The molecular weight excluding hydrogens is 252 g/mol. The van der Waals surface area contributed by atoms with Gasteiger partial charge in [0.15, 0.2) is 5.15 Å². The fraction of sp³-hybridized carbons (Fsp3) is 0.500. The molecule has 18 heavy (non-hydrogen) atoms. The van der Waals surface area contributed by atoms with E-state index in [1.54, 1.807) is 13.1 Å². The van der Waals surface area contributed by atoms with E-state index in [1.165, 1.54) is 0 Å². The number of rotatable bonds is 2. The quantitative estimate of drug-likeness (QED) is 0.783. The van der Waals surface area contributed by atoms with E-state index in [9.17, 15) is 4.79 Å². The Kier molecular flexibility index (Phi) is 4.04. The van der Waals surface area contributed by atoms with Gasteiger partial charge in [-0.25, -0.2) is 4.98 Å². The van der Waals surface area contributed by atoms with E-state index in [0.717, 1.165) is 25.3 Å². The minimum atomic E-state index is -0.225. The summed E-state index contributed by atoms with van der Waals surface area (Å²) in [7, 11) is 1.57. The molecule has 0 unspecified atom stereocenters. The van der Waals surface area contributed by atoms with Crippen LogP contribution in [0.5, 0.6) is 0 Å². The van der Waals surface area contributed by atoms with E-state index in [1.807, 2.05) is 6.07 Å². The zero-order chi connectivity index (χ0) is 13.1. The third-order valence-corrected chi connectivity index (χ3v) is 3.28. The minimum Gasteiger partial charge on any atom is -0.366 e. The highest BCUT2D eigenvalue weighted by molar-refractivity contribution is 6.32. The summed E-state index contributed by atoms with van der Waals surface area (Å²) in [5, 5.41) is 6.28. The molecule has 2 heterocycles. The Morgan fingerprint density at radius 1 is 1.61 bits per heavy atom. The van der Waals surface area contributed by atoms with E-state index in [4.69, 9.17) is 11.6 Å². The van der Waals surface area contributed by atoms with Crippen LogP contribution in [0, 0.1) is 0 Å². The molecule has 1 aliphatic rings. The van der Waals surface area contributed by atoms with E-state index in [0.29, 0.717) is 16.9 Å². The van der Waals surface area contributed by atoms with Crippen LogP contribution >= 0.6 is 11.6 Å². The summed E-state index contributed by atoms with van der Waals surface area (Å²) in [6, 6.07) is 3.98. The van der Waals surface area contributed by atoms with Gasteiger partial charge in [-0.3, -0.25) is 4.79 Å². The molecule has 2 N–H and O–H groups in total. The van der Waals surface area contributed by atoms with Gasteiger partial charge in [-0.1, -0.05) is 11.6 Å². The molecule has 1 aromatic rings. The molecule has 1 saturated heterocycles. The van der Waals surface area contributed by atoms with Crippen molar-refractivity contribution in [2.45, 2.75) is 13.0 Å². The predicted molar refractivity (Wildman–Crippen MR) is 72.3 cm³/mol. The zero-order valence-electron chi connectivity index (χ0n) is 10.5. The second-order valence-corrected chi connectivity index (χ2v) is 4.74. The number of nitrogens with zero attached hydrogens (tertiary/aromatic N) is 2. The Labute approximate surface area is 112 Å². The fourth-order valence-electron chi connectivity index (χ4n) is 2.07. The first kappa shape index (κ1) is 13.1. The van der Waals surface area contributed by atoms with Gasteiger partial charge in [0.1, 0.15) is 5.69 Å². The Morgan fingerprint density at radius 2 is 2.39 bits per heavy atom. The fourth-order valence-corrected chi connectivity index (χ4v) is 2.34. The lowest BCUT2D eigenvalue weighted by Crippen LogP contribution is -2.49. The number of piperazine rings is 1. The average Bonchev–Trinajstić information content (AvgIpc) is 2.37. The Balaban J connectivity index is 2.21. The van der Waals surface area contributed by atoms with Gasteiger partial charge < -0.3 is 15.5 Å². The molecule has 1 atom stereocenters. The van der Waals surface area contributed by atoms with Crippen molar-refractivity contribution in [2.24, 2.45) is 0 Å². The molecule has 2 rings (SSSR count). The topological polar surface area (TPSA) is 57.3 Å². The molecule has 6 heteroatoms. The predicted octanol–water partition coefficient (Wildman–Crippen LogP) is 0.893. The van der Waals surface area contributed by atoms with Gasteiger partial charge in [-0.2, -0.15) is 0 Å². The van der Waals surface area contributed by atoms with Crippen molar-refractivity contribution < 1.29 is 4.79 Å². The maximum absolute atomic E-state index is 11.4. The first-order chi connectivity index (χ1) is 8.61. The van der Waals surface area contributed by atoms with Crippen LogP contribution in [-0.4, -0.2) is 43.6 Å². The molecule has 0 aliphatic carbocycles. The number of carbonyl (C=O) groups excluding carboxylic acids is 1. The van der Waals surface area contributed by atoms with Crippen LogP contribution in [0.4, 0.5) is 5.69 Å². The number of hydrogen-bond donors (Lipinski definition) is 2. The van der Waals surface area contributed by atoms with E-state index < -0.39 is 0 Å². The standard InChI is InChI=1S/C12H17ClN4O/c1-8-7-17(6-5-15-8)10-4-3-9(12(18)14-2)16-11(10)13/h3-4,8,15H,5-7H2,1-2H3,(H,14,18)/t8-/m1/s1. The largest absolute Gasteiger partial charge is 0.366 e. The SMILES string of the molecule is CNC(=O)c1ccc(N2CCN[C@H](C)C2)c(Cl)n1. The molecular formula is C12H17ClN4O. The number of carbonyl (C=O) groups is 1. The highest BCUT2D eigenvalue weighted by Crippen LogP contribution is 2.25. The van der Waals surface area contributed by atoms with Gasteiger partial charge in [-0.15, -0.1) is 0 Å². The van der Waals surface area contributed by atoms with E-state index in [2.05, 4.69) is 27.4 Å². The van der Waals surface area contributed by atoms with Crippen LogP contribution in [0.3, 0.4) is 0 Å². The second kappa shape index (κ2) is 5.54. The van der Waals surface area contributed by atoms with E-state index in [-0.39, 0.29) is 5.91 Å². The molecule has 1 aromatic heterocycles. The minimum absolute atomic E-state index is 0.225. The van der Waals surface area contributed by atoms with Crippen molar-refractivity contribution in [2.75, 3.05) is 31.6 Å². The van der Waals surface area contributed by atoms with Crippen molar-refractivity contribution in [1.29, 1.82) is 0 Å². The zero-order valence-corrected chi connectivity index (χ0v) is 11.3. The lowest BCUT2D eigenvalue weighted by molar-refractivity contribution is 0.0958. The molecule has 1 amide bonds. The summed E-state index contributed by atoms with van der Waals surface area (Å²) in [5.74, 6) is -0.225. The maximum atomic E-state index is 11.4. The number of amides is 1. The third kappa shape index (κ3) is 2.73. The van der Waals surface area contributed by atoms with Crippen molar-refractivity contribution in [3.8, 4) is 0 Å². The Morgan fingerprint density at radius 3 is 3.00 bits per heavy atom. The Bertz CT molecular complexity index is 452. The summed E-state index contributed by atoms with van der Waals surface area (Å²) < 4.78 is 0. The highest BCUT2D eigenvalue weighted by Gasteiger charge is 2.19. The van der Waals surface area contributed by atoms with Gasteiger partial charge in [-0.05, 0) is 19.1 Å². The number of pyridine rings is 1. The number of aromatic nitrogens is 1. The average molecular weight is 269 g/mol. The molecule has 0 aromatic carbocycles. The van der Waals surface area contributed by atoms with Crippen LogP contribution in [0.1, 0.15) is 17.4 Å². The summed E-state index contributed by atoms with van der Waals surface area (Å²) in [4.78, 5) is 17.8. The molecule has 0 bridgehead atoms. The third-order valence-electron chi connectivity index (χ3n) is 3.00. The van der Waals surface area contributed by atoms with Crippen LogP contribution < -0.4 is 15.5 Å². The van der Waals surface area contributed by atoms with Crippen LogP contribution in [0.15, 0.2) is 12.1 Å². The van der Waals surface area contributed by atoms with Gasteiger partial charge in [0.05, 0.1) is 5.69 Å². The lowest BCUT2D eigenvalue weighted by Gasteiger charge is -2.33. The van der Waals surface area contributed by atoms with Crippen molar-refractivity contribution in [3.05, 3.63) is 23.0 Å². The smallest absolute Gasteiger partial charge is 0.269 e. The number of nitrogens with one attached hydrogen (secondary N) is 2. The summed E-state index contributed by atoms with van der Waals surface area (Å²) in [5.41, 5.74) is 1.23. The molecule has 1 fully saturated rings. The Hall–Kier alpha value is -1.33. The summed E-state index contributed by atoms with van der Waals surface area (Å²) in [6.07, 6.45) is 0. The van der Waals surface area contributed by atoms with Crippen molar-refractivity contribution >= 4 is 23.2 Å². The van der Waals surface area contributed by atoms with Crippen LogP contribution in [0.25, 0.3) is 0 Å². The normalized spacial score (nSPS) is 19.7. The van der Waals surface area contributed by atoms with Crippen molar-refractivity contribution in [1.82, 2.24) is 15.6 Å². The number of halogens is 1. The van der Waals surface area contributed by atoms with Gasteiger partial charge >= 0.3 is 0 Å². The van der Waals surface area contributed by atoms with Gasteiger partial charge in [0.2, 0.25) is 0 Å². The van der Waals surface area contributed by atoms with Crippen LogP contribution in [-0.2, 0) is 0 Å². The molecule has 98 valence electrons. The first-order valence-corrected chi connectivity index (χ1v) is 6.36. The molecule has 1 aliphatic heterocycles. The van der Waals surface area contributed by atoms with E-state index >= 15 is 0 Å². The summed E-state index contributed by atoms with van der Waals surface area (Å²) in [6.45, 7) is 4.84. The van der Waals surface area contributed by atoms with Crippen LogP contribution in [0.2, 0.25) is 5.15 Å². The van der Waals surface area contributed by atoms with Gasteiger partial charge in [0, 0.05) is 32.7 Å².